The van der Waals surface area contributed by atoms with Crippen LogP contribution in [0.25, 0.3) is 11.3 Å². The molecule has 1 aromatic carbocycles. The Morgan fingerprint density at radius 3 is 2.79 bits per heavy atom. The van der Waals surface area contributed by atoms with Crippen molar-refractivity contribution in [2.24, 2.45) is 17.6 Å². The number of carbonyl (C=O) groups excluding carboxylic acids is 1. The van der Waals surface area contributed by atoms with Gasteiger partial charge >= 0.3 is 0 Å². The highest BCUT2D eigenvalue weighted by molar-refractivity contribution is 5.93. The molecule has 1 aliphatic heterocycles. The van der Waals surface area contributed by atoms with E-state index in [0.717, 1.165) is 42.9 Å². The highest BCUT2D eigenvalue weighted by Crippen LogP contribution is 2.37. The van der Waals surface area contributed by atoms with Gasteiger partial charge in [0.25, 0.3) is 5.91 Å². The van der Waals surface area contributed by atoms with Crippen molar-refractivity contribution in [2.75, 3.05) is 20.2 Å². The third-order valence-electron chi connectivity index (χ3n) is 5.39. The average Bonchev–Trinajstić information content (AvgIpc) is 3.32. The van der Waals surface area contributed by atoms with Crippen LogP contribution in [0.2, 0.25) is 0 Å². The molecule has 1 saturated heterocycles. The number of aromatic nitrogens is 2. The number of ether oxygens (including phenoxy) is 1. The van der Waals surface area contributed by atoms with Gasteiger partial charge in [-0.2, -0.15) is 5.10 Å². The zero-order chi connectivity index (χ0) is 16.7. The molecule has 3 atom stereocenters. The number of carbonyl (C=O) groups is 1. The van der Waals surface area contributed by atoms with E-state index >= 15 is 0 Å². The number of likely N-dealkylation sites (tertiary alicyclic amines) is 1. The lowest BCUT2D eigenvalue weighted by molar-refractivity contribution is 0.0773. The Labute approximate surface area is 141 Å². The number of amides is 1. The first kappa shape index (κ1) is 15.2. The Morgan fingerprint density at radius 2 is 2.08 bits per heavy atom. The number of nitrogens with two attached hydrogens (primary N) is 1. The molecule has 2 heterocycles. The van der Waals surface area contributed by atoms with Crippen molar-refractivity contribution < 1.29 is 9.53 Å². The molecule has 0 radical (unpaired) electrons. The van der Waals surface area contributed by atoms with Crippen LogP contribution >= 0.6 is 0 Å². The van der Waals surface area contributed by atoms with E-state index in [9.17, 15) is 4.79 Å². The smallest absolute Gasteiger partial charge is 0.271 e. The van der Waals surface area contributed by atoms with Gasteiger partial charge in [-0.1, -0.05) is 0 Å². The minimum atomic E-state index is 0.0175. The Morgan fingerprint density at radius 1 is 1.29 bits per heavy atom. The normalized spacial score (nSPS) is 25.8. The molecule has 3 unspecified atom stereocenters. The van der Waals surface area contributed by atoms with Gasteiger partial charge < -0.3 is 15.4 Å². The first-order valence-corrected chi connectivity index (χ1v) is 8.40. The number of benzene rings is 1. The summed E-state index contributed by atoms with van der Waals surface area (Å²) in [4.78, 5) is 14.6. The fourth-order valence-corrected chi connectivity index (χ4v) is 3.98. The molecule has 6 nitrogen and oxygen atoms in total. The molecule has 0 bridgehead atoms. The van der Waals surface area contributed by atoms with Crippen molar-refractivity contribution >= 4 is 5.91 Å². The van der Waals surface area contributed by atoms with Crippen LogP contribution in [0.1, 0.15) is 23.3 Å². The Bertz CT molecular complexity index is 740. The SMILES string of the molecule is COc1ccc(-c2cc(C(=O)N3CC4CCC(N)C4C3)[nH]n2)cc1. The maximum absolute atomic E-state index is 12.7. The van der Waals surface area contributed by atoms with Gasteiger partial charge in [-0.25, -0.2) is 0 Å². The summed E-state index contributed by atoms with van der Waals surface area (Å²) in [5.41, 5.74) is 8.40. The number of hydrogen-bond donors (Lipinski definition) is 2. The molecule has 2 fully saturated rings. The minimum absolute atomic E-state index is 0.0175. The van der Waals surface area contributed by atoms with Crippen LogP contribution in [0.5, 0.6) is 5.75 Å². The van der Waals surface area contributed by atoms with Gasteiger partial charge in [0.15, 0.2) is 0 Å². The summed E-state index contributed by atoms with van der Waals surface area (Å²) in [6.45, 7) is 1.58. The maximum atomic E-state index is 12.7. The topological polar surface area (TPSA) is 84.2 Å². The lowest BCUT2D eigenvalue weighted by atomic mass is 9.98. The van der Waals surface area contributed by atoms with Crippen LogP contribution in [0, 0.1) is 11.8 Å². The number of fused-ring (bicyclic) bond motifs is 1. The number of H-pyrrole nitrogens is 1. The zero-order valence-corrected chi connectivity index (χ0v) is 13.7. The summed E-state index contributed by atoms with van der Waals surface area (Å²) in [6, 6.07) is 9.69. The number of nitrogens with one attached hydrogen (secondary N) is 1. The van der Waals surface area contributed by atoms with Crippen LogP contribution in [-0.4, -0.2) is 47.2 Å². The maximum Gasteiger partial charge on any atom is 0.271 e. The highest BCUT2D eigenvalue weighted by atomic mass is 16.5. The van der Waals surface area contributed by atoms with Crippen molar-refractivity contribution in [3.8, 4) is 17.0 Å². The van der Waals surface area contributed by atoms with Gasteiger partial charge in [-0.3, -0.25) is 9.89 Å². The second-order valence-corrected chi connectivity index (χ2v) is 6.77. The Hall–Kier alpha value is -2.34. The predicted octanol–water partition coefficient (Wildman–Crippen LogP) is 1.89. The van der Waals surface area contributed by atoms with E-state index in [1.807, 2.05) is 35.2 Å². The van der Waals surface area contributed by atoms with E-state index in [2.05, 4.69) is 10.2 Å². The third-order valence-corrected chi connectivity index (χ3v) is 5.39. The van der Waals surface area contributed by atoms with Crippen LogP contribution < -0.4 is 10.5 Å². The first-order chi connectivity index (χ1) is 11.7. The fourth-order valence-electron chi connectivity index (χ4n) is 3.98. The van der Waals surface area contributed by atoms with Crippen molar-refractivity contribution in [3.05, 3.63) is 36.0 Å². The van der Waals surface area contributed by atoms with Gasteiger partial charge in [0, 0.05) is 24.7 Å². The summed E-state index contributed by atoms with van der Waals surface area (Å²) in [6.07, 6.45) is 2.22. The van der Waals surface area contributed by atoms with E-state index in [-0.39, 0.29) is 11.9 Å². The molecule has 6 heteroatoms. The standard InChI is InChI=1S/C18H22N4O2/c1-24-13-5-2-11(3-6-13)16-8-17(21-20-16)18(23)22-9-12-4-7-15(19)14(12)10-22/h2-3,5-6,8,12,14-15H,4,7,9-10,19H2,1H3,(H,20,21). The van der Waals surface area contributed by atoms with Gasteiger partial charge in [-0.05, 0) is 55.0 Å². The van der Waals surface area contributed by atoms with Crippen molar-refractivity contribution in [1.82, 2.24) is 15.1 Å². The molecule has 1 aromatic heterocycles. The largest absolute Gasteiger partial charge is 0.497 e. The Kier molecular flexibility index (Phi) is 3.76. The number of nitrogens with zero attached hydrogens (tertiary/aromatic N) is 2. The fraction of sp³-hybridized carbons (Fsp3) is 0.444. The summed E-state index contributed by atoms with van der Waals surface area (Å²) < 4.78 is 5.16. The van der Waals surface area contributed by atoms with Crippen LogP contribution in [0.4, 0.5) is 0 Å². The summed E-state index contributed by atoms with van der Waals surface area (Å²) >= 11 is 0. The highest BCUT2D eigenvalue weighted by Gasteiger charge is 2.42. The van der Waals surface area contributed by atoms with E-state index in [1.54, 1.807) is 7.11 Å². The second-order valence-electron chi connectivity index (χ2n) is 6.77. The molecule has 2 aromatic rings. The zero-order valence-electron chi connectivity index (χ0n) is 13.7. The van der Waals surface area contributed by atoms with Crippen LogP contribution in [-0.2, 0) is 0 Å². The third kappa shape index (κ3) is 2.57. The molecule has 1 aliphatic carbocycles. The first-order valence-electron chi connectivity index (χ1n) is 8.40. The van der Waals surface area contributed by atoms with Gasteiger partial charge in [0.2, 0.25) is 0 Å². The summed E-state index contributed by atoms with van der Waals surface area (Å²) in [5.74, 6) is 1.83. The van der Waals surface area contributed by atoms with Gasteiger partial charge in [0.05, 0.1) is 12.8 Å². The number of hydrogen-bond acceptors (Lipinski definition) is 4. The van der Waals surface area contributed by atoms with Gasteiger partial charge in [-0.15, -0.1) is 0 Å². The van der Waals surface area contributed by atoms with E-state index in [0.29, 0.717) is 17.5 Å². The number of rotatable bonds is 3. The molecule has 1 amide bonds. The van der Waals surface area contributed by atoms with Crippen LogP contribution in [0.15, 0.2) is 30.3 Å². The predicted molar refractivity (Wildman–Crippen MR) is 90.7 cm³/mol. The van der Waals surface area contributed by atoms with Crippen molar-refractivity contribution in [2.45, 2.75) is 18.9 Å². The average molecular weight is 326 g/mol. The lowest BCUT2D eigenvalue weighted by Crippen LogP contribution is -2.33. The van der Waals surface area contributed by atoms with E-state index < -0.39 is 0 Å². The minimum Gasteiger partial charge on any atom is -0.497 e. The number of methoxy groups -OCH3 is 1. The van der Waals surface area contributed by atoms with E-state index in [1.165, 1.54) is 0 Å². The molecule has 0 spiro atoms. The molecule has 3 N–H and O–H groups in total. The quantitative estimate of drug-likeness (QED) is 0.902. The molecule has 2 aliphatic rings. The Balaban J connectivity index is 1.49. The molecule has 4 rings (SSSR count). The summed E-state index contributed by atoms with van der Waals surface area (Å²) in [7, 11) is 1.64. The summed E-state index contributed by atoms with van der Waals surface area (Å²) in [5, 5.41) is 7.17. The molecule has 24 heavy (non-hydrogen) atoms. The van der Waals surface area contributed by atoms with Crippen LogP contribution in [0.3, 0.4) is 0 Å². The van der Waals surface area contributed by atoms with Gasteiger partial charge in [0.1, 0.15) is 11.4 Å². The molecule has 1 saturated carbocycles. The monoisotopic (exact) mass is 326 g/mol. The lowest BCUT2D eigenvalue weighted by Gasteiger charge is -2.17. The number of aromatic amines is 1. The molecular formula is C18H22N4O2. The van der Waals surface area contributed by atoms with Crippen molar-refractivity contribution in [1.29, 1.82) is 0 Å². The molecular weight excluding hydrogens is 304 g/mol. The van der Waals surface area contributed by atoms with Crippen molar-refractivity contribution in [3.63, 3.8) is 0 Å². The van der Waals surface area contributed by atoms with E-state index in [4.69, 9.17) is 10.5 Å². The molecule has 126 valence electrons. The second kappa shape index (κ2) is 5.94.